The molecule has 4 heteroatoms. The number of carboxylic acids is 1. The van der Waals surface area contributed by atoms with Crippen LogP contribution in [0.4, 0.5) is 0 Å². The number of hydrogen-bond acceptors (Lipinski definition) is 3. The van der Waals surface area contributed by atoms with E-state index in [0.717, 1.165) is 12.8 Å². The molecule has 90 valence electrons. The predicted molar refractivity (Wildman–Crippen MR) is 63.1 cm³/mol. The lowest BCUT2D eigenvalue weighted by Crippen LogP contribution is -1.99. The Bertz CT molecular complexity index is 457. The van der Waals surface area contributed by atoms with E-state index in [1.54, 1.807) is 0 Å². The summed E-state index contributed by atoms with van der Waals surface area (Å²) in [5.41, 5.74) is 0.395. The summed E-state index contributed by atoms with van der Waals surface area (Å²) < 4.78 is 0. The Morgan fingerprint density at radius 3 is 2.59 bits per heavy atom. The van der Waals surface area contributed by atoms with E-state index in [2.05, 4.69) is 5.92 Å². The number of carbonyl (C=O) groups is 1. The van der Waals surface area contributed by atoms with Crippen LogP contribution in [0.5, 0.6) is 11.5 Å². The van der Waals surface area contributed by atoms with Crippen LogP contribution in [0.1, 0.15) is 35.2 Å². The SMILES string of the molecule is C#CCCCCc1cc(O)c(O)c(C(=O)O)c1. The van der Waals surface area contributed by atoms with Crippen LogP contribution in [0.2, 0.25) is 0 Å². The molecule has 0 aliphatic heterocycles. The molecule has 1 aromatic rings. The highest BCUT2D eigenvalue weighted by Gasteiger charge is 2.14. The van der Waals surface area contributed by atoms with Crippen molar-refractivity contribution in [2.45, 2.75) is 25.7 Å². The van der Waals surface area contributed by atoms with Crippen molar-refractivity contribution in [3.63, 3.8) is 0 Å². The monoisotopic (exact) mass is 234 g/mol. The second-order valence-electron chi connectivity index (χ2n) is 3.73. The molecule has 17 heavy (non-hydrogen) atoms. The van der Waals surface area contributed by atoms with Crippen LogP contribution < -0.4 is 0 Å². The molecule has 0 heterocycles. The quantitative estimate of drug-likeness (QED) is 0.414. The van der Waals surface area contributed by atoms with Crippen molar-refractivity contribution in [2.75, 3.05) is 0 Å². The van der Waals surface area contributed by atoms with E-state index in [-0.39, 0.29) is 5.56 Å². The molecule has 0 atom stereocenters. The van der Waals surface area contributed by atoms with Crippen LogP contribution in [-0.2, 0) is 6.42 Å². The van der Waals surface area contributed by atoms with Gasteiger partial charge in [0.05, 0.1) is 0 Å². The summed E-state index contributed by atoms with van der Waals surface area (Å²) in [5, 5.41) is 27.6. The summed E-state index contributed by atoms with van der Waals surface area (Å²) in [6.07, 6.45) is 8.07. The molecule has 1 aromatic carbocycles. The molecule has 0 spiro atoms. The lowest BCUT2D eigenvalue weighted by atomic mass is 10.0. The number of aromatic hydroxyl groups is 2. The normalized spacial score (nSPS) is 9.82. The summed E-state index contributed by atoms with van der Waals surface area (Å²) in [6.45, 7) is 0. The number of hydrogen-bond donors (Lipinski definition) is 3. The van der Waals surface area contributed by atoms with E-state index >= 15 is 0 Å². The van der Waals surface area contributed by atoms with Gasteiger partial charge in [0.15, 0.2) is 11.5 Å². The fraction of sp³-hybridized carbons (Fsp3) is 0.308. The summed E-state index contributed by atoms with van der Waals surface area (Å²) >= 11 is 0. The molecule has 0 saturated heterocycles. The standard InChI is InChI=1S/C13H14O4/c1-2-3-4-5-6-9-7-10(13(16)17)12(15)11(14)8-9/h1,7-8,14-15H,3-6H2,(H,16,17). The van der Waals surface area contributed by atoms with E-state index in [4.69, 9.17) is 11.5 Å². The van der Waals surface area contributed by atoms with Gasteiger partial charge < -0.3 is 15.3 Å². The number of phenolic OH excluding ortho intramolecular Hbond substituents is 1. The van der Waals surface area contributed by atoms with Crippen molar-refractivity contribution in [3.05, 3.63) is 23.3 Å². The molecule has 1 rings (SSSR count). The molecule has 0 fully saturated rings. The summed E-state index contributed by atoms with van der Waals surface area (Å²) in [5.74, 6) is 0.261. The van der Waals surface area contributed by atoms with Crippen LogP contribution >= 0.6 is 0 Å². The Kier molecular flexibility index (Phi) is 4.41. The largest absolute Gasteiger partial charge is 0.504 e. The number of rotatable bonds is 5. The zero-order chi connectivity index (χ0) is 12.8. The number of aromatic carboxylic acids is 1. The lowest BCUT2D eigenvalue weighted by molar-refractivity contribution is 0.0693. The third-order valence-electron chi connectivity index (χ3n) is 2.42. The Labute approximate surface area is 99.5 Å². The van der Waals surface area contributed by atoms with Gasteiger partial charge in [-0.05, 0) is 37.0 Å². The van der Waals surface area contributed by atoms with Crippen molar-refractivity contribution in [1.29, 1.82) is 0 Å². The van der Waals surface area contributed by atoms with Gasteiger partial charge in [0.25, 0.3) is 0 Å². The molecule has 0 radical (unpaired) electrons. The van der Waals surface area contributed by atoms with Crippen LogP contribution in [-0.4, -0.2) is 21.3 Å². The van der Waals surface area contributed by atoms with Crippen molar-refractivity contribution < 1.29 is 20.1 Å². The Hall–Kier alpha value is -2.15. The molecule has 0 aliphatic carbocycles. The minimum absolute atomic E-state index is 0.281. The Morgan fingerprint density at radius 2 is 2.00 bits per heavy atom. The third-order valence-corrected chi connectivity index (χ3v) is 2.42. The molecule has 0 unspecified atom stereocenters. The molecule has 0 aliphatic rings. The fourth-order valence-electron chi connectivity index (χ4n) is 1.54. The number of unbranched alkanes of at least 4 members (excludes halogenated alkanes) is 2. The number of phenols is 2. The minimum atomic E-state index is -1.26. The van der Waals surface area contributed by atoms with Gasteiger partial charge in [0.2, 0.25) is 0 Å². The van der Waals surface area contributed by atoms with Gasteiger partial charge in [-0.2, -0.15) is 0 Å². The van der Waals surface area contributed by atoms with Crippen molar-refractivity contribution in [3.8, 4) is 23.8 Å². The molecule has 0 saturated carbocycles. The van der Waals surface area contributed by atoms with Crippen molar-refractivity contribution >= 4 is 5.97 Å². The summed E-state index contributed by atoms with van der Waals surface area (Å²) in [6, 6.07) is 2.74. The van der Waals surface area contributed by atoms with Gasteiger partial charge in [-0.3, -0.25) is 0 Å². The highest BCUT2D eigenvalue weighted by Crippen LogP contribution is 2.30. The second kappa shape index (κ2) is 5.80. The van der Waals surface area contributed by atoms with E-state index in [1.807, 2.05) is 0 Å². The van der Waals surface area contributed by atoms with Crippen LogP contribution in [0.3, 0.4) is 0 Å². The van der Waals surface area contributed by atoms with Gasteiger partial charge in [-0.15, -0.1) is 12.3 Å². The number of terminal acetylenes is 1. The van der Waals surface area contributed by atoms with Gasteiger partial charge >= 0.3 is 5.97 Å². The van der Waals surface area contributed by atoms with Crippen LogP contribution in [0.25, 0.3) is 0 Å². The Morgan fingerprint density at radius 1 is 1.29 bits per heavy atom. The van der Waals surface area contributed by atoms with Crippen LogP contribution in [0.15, 0.2) is 12.1 Å². The maximum Gasteiger partial charge on any atom is 0.339 e. The third kappa shape index (κ3) is 3.42. The molecule has 0 amide bonds. The number of carboxylic acid groups (broad SMARTS) is 1. The smallest absolute Gasteiger partial charge is 0.339 e. The van der Waals surface area contributed by atoms with Crippen molar-refractivity contribution in [2.24, 2.45) is 0 Å². The van der Waals surface area contributed by atoms with Gasteiger partial charge in [0.1, 0.15) is 5.56 Å². The maximum absolute atomic E-state index is 10.8. The number of benzene rings is 1. The van der Waals surface area contributed by atoms with Gasteiger partial charge in [0, 0.05) is 6.42 Å². The maximum atomic E-state index is 10.8. The van der Waals surface area contributed by atoms with E-state index in [9.17, 15) is 15.0 Å². The fourth-order valence-corrected chi connectivity index (χ4v) is 1.54. The average Bonchev–Trinajstić information content (AvgIpc) is 2.28. The second-order valence-corrected chi connectivity index (χ2v) is 3.73. The highest BCUT2D eigenvalue weighted by atomic mass is 16.4. The topological polar surface area (TPSA) is 77.8 Å². The van der Waals surface area contributed by atoms with E-state index in [1.165, 1.54) is 12.1 Å². The first-order valence-electron chi connectivity index (χ1n) is 5.28. The highest BCUT2D eigenvalue weighted by molar-refractivity contribution is 5.92. The van der Waals surface area contributed by atoms with E-state index < -0.39 is 17.5 Å². The first-order chi connectivity index (χ1) is 8.06. The van der Waals surface area contributed by atoms with Crippen molar-refractivity contribution in [1.82, 2.24) is 0 Å². The lowest BCUT2D eigenvalue weighted by Gasteiger charge is -2.06. The van der Waals surface area contributed by atoms with Gasteiger partial charge in [-0.1, -0.05) is 0 Å². The van der Waals surface area contributed by atoms with E-state index in [0.29, 0.717) is 18.4 Å². The molecular formula is C13H14O4. The summed E-state index contributed by atoms with van der Waals surface area (Å²) in [4.78, 5) is 10.8. The van der Waals surface area contributed by atoms with Crippen LogP contribution in [0, 0.1) is 12.3 Å². The molecule has 3 N–H and O–H groups in total. The molecule has 4 nitrogen and oxygen atoms in total. The average molecular weight is 234 g/mol. The first kappa shape index (κ1) is 12.9. The van der Waals surface area contributed by atoms with Gasteiger partial charge in [-0.25, -0.2) is 4.79 Å². The Balaban J connectivity index is 2.81. The predicted octanol–water partition coefficient (Wildman–Crippen LogP) is 2.14. The summed E-state index contributed by atoms with van der Waals surface area (Å²) in [7, 11) is 0. The molecule has 0 bridgehead atoms. The molecule has 0 aromatic heterocycles. The zero-order valence-corrected chi connectivity index (χ0v) is 9.31. The zero-order valence-electron chi connectivity index (χ0n) is 9.31. The minimum Gasteiger partial charge on any atom is -0.504 e. The molecular weight excluding hydrogens is 220 g/mol. The number of aryl methyl sites for hydroxylation is 1. The first-order valence-corrected chi connectivity index (χ1v) is 5.28.